The summed E-state index contributed by atoms with van der Waals surface area (Å²) in [6, 6.07) is 11.7. The van der Waals surface area contributed by atoms with Gasteiger partial charge < -0.3 is 19.4 Å². The molecule has 4 rings (SSSR count). The molecule has 3 heterocycles. The number of furan rings is 1. The van der Waals surface area contributed by atoms with Gasteiger partial charge >= 0.3 is 0 Å². The van der Waals surface area contributed by atoms with Gasteiger partial charge in [0.15, 0.2) is 5.76 Å². The first-order valence-electron chi connectivity index (χ1n) is 9.76. The number of aryl methyl sites for hydroxylation is 1. The standard InChI is InChI=1S/C22H25N3O3.ClH/c1-3-27-14-17-6-4-10-25(17)20-12-15(2)23-19-13-16(8-9-18(19)20)24-22(26)21-7-5-11-28-21;/h5,7-9,11-13,17H,3-4,6,10,14H2,1-2H3,(H,24,26);1H/t17-;/m0./s1. The third kappa shape index (κ3) is 4.54. The van der Waals surface area contributed by atoms with E-state index >= 15 is 0 Å². The number of fused-ring (bicyclic) bond motifs is 1. The molecule has 0 bridgehead atoms. The molecule has 2 aromatic heterocycles. The lowest BCUT2D eigenvalue weighted by Crippen LogP contribution is -2.33. The Morgan fingerprint density at radius 1 is 1.34 bits per heavy atom. The molecule has 1 fully saturated rings. The van der Waals surface area contributed by atoms with Crippen LogP contribution in [0.4, 0.5) is 11.4 Å². The van der Waals surface area contributed by atoms with Crippen molar-refractivity contribution in [2.45, 2.75) is 32.7 Å². The van der Waals surface area contributed by atoms with E-state index in [2.05, 4.69) is 16.3 Å². The second-order valence-electron chi connectivity index (χ2n) is 7.10. The number of amides is 1. The quantitative estimate of drug-likeness (QED) is 0.625. The zero-order valence-electron chi connectivity index (χ0n) is 16.7. The predicted molar refractivity (Wildman–Crippen MR) is 117 cm³/mol. The minimum atomic E-state index is -0.270. The average Bonchev–Trinajstić information content (AvgIpc) is 3.37. The number of halogens is 1. The number of rotatable bonds is 6. The van der Waals surface area contributed by atoms with Gasteiger partial charge in [-0.15, -0.1) is 12.4 Å². The summed E-state index contributed by atoms with van der Waals surface area (Å²) in [6.07, 6.45) is 3.79. The van der Waals surface area contributed by atoms with E-state index in [1.54, 1.807) is 12.1 Å². The summed E-state index contributed by atoms with van der Waals surface area (Å²) in [5, 5.41) is 3.96. The monoisotopic (exact) mass is 415 g/mol. The molecule has 0 aliphatic carbocycles. The molecule has 0 saturated carbocycles. The lowest BCUT2D eigenvalue weighted by Gasteiger charge is -2.28. The number of hydrogen-bond acceptors (Lipinski definition) is 5. The number of benzene rings is 1. The van der Waals surface area contributed by atoms with Crippen molar-refractivity contribution in [1.82, 2.24) is 4.98 Å². The molecule has 1 saturated heterocycles. The number of anilines is 2. The van der Waals surface area contributed by atoms with E-state index < -0.39 is 0 Å². The van der Waals surface area contributed by atoms with Gasteiger partial charge in [0.05, 0.1) is 24.4 Å². The van der Waals surface area contributed by atoms with E-state index in [4.69, 9.17) is 14.1 Å². The molecule has 1 atom stereocenters. The van der Waals surface area contributed by atoms with Crippen LogP contribution >= 0.6 is 12.4 Å². The maximum Gasteiger partial charge on any atom is 0.291 e. The van der Waals surface area contributed by atoms with Crippen molar-refractivity contribution in [2.75, 3.05) is 30.0 Å². The molecular formula is C22H26ClN3O3. The minimum Gasteiger partial charge on any atom is -0.459 e. The first kappa shape index (κ1) is 21.1. The van der Waals surface area contributed by atoms with E-state index in [1.807, 2.05) is 32.0 Å². The van der Waals surface area contributed by atoms with Crippen molar-refractivity contribution < 1.29 is 13.9 Å². The Morgan fingerprint density at radius 2 is 2.21 bits per heavy atom. The average molecular weight is 416 g/mol. The van der Waals surface area contributed by atoms with Gasteiger partial charge in [-0.3, -0.25) is 9.78 Å². The normalized spacial score (nSPS) is 16.1. The summed E-state index contributed by atoms with van der Waals surface area (Å²) in [4.78, 5) is 19.4. The molecule has 0 radical (unpaired) electrons. The predicted octanol–water partition coefficient (Wildman–Crippen LogP) is 4.82. The second kappa shape index (κ2) is 9.29. The number of aromatic nitrogens is 1. The summed E-state index contributed by atoms with van der Waals surface area (Å²) in [5.74, 6) is 0.0161. The maximum atomic E-state index is 12.3. The summed E-state index contributed by atoms with van der Waals surface area (Å²) in [5.41, 5.74) is 3.72. The Hall–Kier alpha value is -2.57. The molecule has 1 amide bonds. The van der Waals surface area contributed by atoms with Gasteiger partial charge in [-0.25, -0.2) is 0 Å². The van der Waals surface area contributed by atoms with Crippen molar-refractivity contribution >= 4 is 40.6 Å². The molecule has 6 nitrogen and oxygen atoms in total. The molecule has 1 aliphatic rings. The van der Waals surface area contributed by atoms with E-state index in [9.17, 15) is 4.79 Å². The van der Waals surface area contributed by atoms with Crippen LogP contribution in [0.5, 0.6) is 0 Å². The molecule has 1 aliphatic heterocycles. The van der Waals surface area contributed by atoms with E-state index in [0.29, 0.717) is 11.7 Å². The van der Waals surface area contributed by atoms with Crippen LogP contribution in [0.3, 0.4) is 0 Å². The first-order chi connectivity index (χ1) is 13.7. The molecular weight excluding hydrogens is 390 g/mol. The Balaban J connectivity index is 0.00000240. The van der Waals surface area contributed by atoms with E-state index in [1.165, 1.54) is 12.0 Å². The van der Waals surface area contributed by atoms with Crippen LogP contribution < -0.4 is 10.2 Å². The molecule has 154 valence electrons. The van der Waals surface area contributed by atoms with Gasteiger partial charge in [-0.2, -0.15) is 0 Å². The first-order valence-corrected chi connectivity index (χ1v) is 9.76. The molecule has 0 unspecified atom stereocenters. The molecule has 3 aromatic rings. The number of nitrogens with zero attached hydrogens (tertiary/aromatic N) is 2. The smallest absolute Gasteiger partial charge is 0.291 e. The fourth-order valence-electron chi connectivity index (χ4n) is 3.83. The Bertz CT molecular complexity index is 975. The van der Waals surface area contributed by atoms with Crippen molar-refractivity contribution in [3.05, 3.63) is 54.1 Å². The largest absolute Gasteiger partial charge is 0.459 e. The zero-order valence-corrected chi connectivity index (χ0v) is 17.5. The molecule has 1 aromatic carbocycles. The number of hydrogen-bond donors (Lipinski definition) is 1. The third-order valence-corrected chi connectivity index (χ3v) is 5.12. The number of carbonyl (C=O) groups is 1. The van der Waals surface area contributed by atoms with E-state index in [0.717, 1.165) is 49.2 Å². The van der Waals surface area contributed by atoms with Crippen molar-refractivity contribution in [1.29, 1.82) is 0 Å². The number of carbonyl (C=O) groups excluding carboxylic acids is 1. The Labute approximate surface area is 176 Å². The van der Waals surface area contributed by atoms with E-state index in [-0.39, 0.29) is 24.1 Å². The minimum absolute atomic E-state index is 0. The van der Waals surface area contributed by atoms with Crippen LogP contribution in [0.2, 0.25) is 0 Å². The van der Waals surface area contributed by atoms with Gasteiger partial charge in [0.1, 0.15) is 0 Å². The fraction of sp³-hybridized carbons (Fsp3) is 0.364. The highest BCUT2D eigenvalue weighted by molar-refractivity contribution is 6.04. The van der Waals surface area contributed by atoms with Crippen molar-refractivity contribution in [2.24, 2.45) is 0 Å². The summed E-state index contributed by atoms with van der Waals surface area (Å²) in [6.45, 7) is 6.54. The molecule has 1 N–H and O–H groups in total. The highest BCUT2D eigenvalue weighted by Gasteiger charge is 2.26. The summed E-state index contributed by atoms with van der Waals surface area (Å²) in [7, 11) is 0. The lowest BCUT2D eigenvalue weighted by atomic mass is 10.1. The maximum absolute atomic E-state index is 12.3. The van der Waals surface area contributed by atoms with Gasteiger partial charge in [0, 0.05) is 35.6 Å². The summed E-state index contributed by atoms with van der Waals surface area (Å²) < 4.78 is 10.9. The highest BCUT2D eigenvalue weighted by atomic mass is 35.5. The van der Waals surface area contributed by atoms with Crippen LogP contribution in [0, 0.1) is 6.92 Å². The highest BCUT2D eigenvalue weighted by Crippen LogP contribution is 2.33. The number of ether oxygens (including phenoxy) is 1. The fourth-order valence-corrected chi connectivity index (χ4v) is 3.83. The second-order valence-corrected chi connectivity index (χ2v) is 7.10. The molecule has 29 heavy (non-hydrogen) atoms. The molecule has 0 spiro atoms. The Morgan fingerprint density at radius 3 is 2.97 bits per heavy atom. The number of nitrogens with one attached hydrogen (secondary N) is 1. The van der Waals surface area contributed by atoms with Gasteiger partial charge in [0.2, 0.25) is 0 Å². The van der Waals surface area contributed by atoms with Gasteiger partial charge in [-0.1, -0.05) is 0 Å². The Kier molecular flexibility index (Phi) is 6.77. The molecule has 7 heteroatoms. The van der Waals surface area contributed by atoms with Crippen molar-refractivity contribution in [3.63, 3.8) is 0 Å². The number of pyridine rings is 1. The third-order valence-electron chi connectivity index (χ3n) is 5.12. The van der Waals surface area contributed by atoms with Crippen molar-refractivity contribution in [3.8, 4) is 0 Å². The van der Waals surface area contributed by atoms with Crippen LogP contribution in [0.1, 0.15) is 36.0 Å². The van der Waals surface area contributed by atoms with Gasteiger partial charge in [0.25, 0.3) is 5.91 Å². The van der Waals surface area contributed by atoms with Crippen LogP contribution in [-0.2, 0) is 4.74 Å². The summed E-state index contributed by atoms with van der Waals surface area (Å²) >= 11 is 0. The topological polar surface area (TPSA) is 67.6 Å². The zero-order chi connectivity index (χ0) is 19.5. The van der Waals surface area contributed by atoms with Crippen LogP contribution in [-0.4, -0.2) is 36.7 Å². The van der Waals surface area contributed by atoms with Crippen LogP contribution in [0.15, 0.2) is 47.1 Å². The lowest BCUT2D eigenvalue weighted by molar-refractivity contribution is 0.0996. The van der Waals surface area contributed by atoms with Crippen LogP contribution in [0.25, 0.3) is 10.9 Å². The SMILES string of the molecule is CCOC[C@@H]1CCCN1c1cc(C)nc2cc(NC(=O)c3ccco3)ccc12.Cl. The van der Waals surface area contributed by atoms with Gasteiger partial charge in [-0.05, 0) is 63.1 Å².